The molecule has 0 atom stereocenters. The van der Waals surface area contributed by atoms with Crippen molar-refractivity contribution in [2.24, 2.45) is 0 Å². The Hall–Kier alpha value is -3.74. The number of aromatic nitrogens is 4. The van der Waals surface area contributed by atoms with Crippen LogP contribution in [0, 0.1) is 0 Å². The van der Waals surface area contributed by atoms with Crippen molar-refractivity contribution in [3.05, 3.63) is 66.5 Å². The van der Waals surface area contributed by atoms with Gasteiger partial charge in [-0.15, -0.1) is 0 Å². The summed E-state index contributed by atoms with van der Waals surface area (Å²) in [4.78, 5) is 26.4. The summed E-state index contributed by atoms with van der Waals surface area (Å²) in [6, 6.07) is 17.9. The van der Waals surface area contributed by atoms with Crippen LogP contribution in [0.25, 0.3) is 22.6 Å². The van der Waals surface area contributed by atoms with Gasteiger partial charge in [0.05, 0.1) is 6.33 Å². The van der Waals surface area contributed by atoms with Crippen LogP contribution in [0.3, 0.4) is 0 Å². The van der Waals surface area contributed by atoms with Crippen molar-refractivity contribution in [2.45, 2.75) is 38.8 Å². The Morgan fingerprint density at radius 3 is 2.45 bits per heavy atom. The number of rotatable bonds is 6. The summed E-state index contributed by atoms with van der Waals surface area (Å²) < 4.78 is 2.04. The van der Waals surface area contributed by atoms with E-state index in [4.69, 9.17) is 9.97 Å². The number of amides is 1. The Balaban J connectivity index is 1.54. The van der Waals surface area contributed by atoms with Crippen molar-refractivity contribution in [2.75, 3.05) is 5.32 Å². The second-order valence-corrected chi connectivity index (χ2v) is 8.13. The van der Waals surface area contributed by atoms with Crippen LogP contribution in [0.2, 0.25) is 0 Å². The topological polar surface area (TPSA) is 84.7 Å². The largest absolute Gasteiger partial charge is 0.349 e. The summed E-state index contributed by atoms with van der Waals surface area (Å²) in [5.74, 6) is 1.21. The minimum atomic E-state index is -0.0327. The van der Waals surface area contributed by atoms with Gasteiger partial charge in [-0.2, -0.15) is 0 Å². The quantitative estimate of drug-likeness (QED) is 0.479. The summed E-state index contributed by atoms with van der Waals surface area (Å²) in [6.07, 6.45) is 3.94. The van der Waals surface area contributed by atoms with Crippen LogP contribution in [-0.4, -0.2) is 31.5 Å². The Kier molecular flexibility index (Phi) is 4.86. The summed E-state index contributed by atoms with van der Waals surface area (Å²) in [5.41, 5.74) is 3.92. The fourth-order valence-corrected chi connectivity index (χ4v) is 3.44. The predicted octanol–water partition coefficient (Wildman–Crippen LogP) is 4.71. The molecule has 0 bridgehead atoms. The van der Waals surface area contributed by atoms with Crippen LogP contribution in [0.15, 0.2) is 60.9 Å². The summed E-state index contributed by atoms with van der Waals surface area (Å²) in [7, 11) is 0. The number of carbonyl (C=O) groups is 1. The van der Waals surface area contributed by atoms with Gasteiger partial charge in [-0.3, -0.25) is 4.79 Å². The number of para-hydroxylation sites is 1. The average Bonchev–Trinajstić information content (AvgIpc) is 3.48. The molecule has 7 heteroatoms. The van der Waals surface area contributed by atoms with Crippen molar-refractivity contribution < 1.29 is 4.79 Å². The van der Waals surface area contributed by atoms with Gasteiger partial charge in [0.15, 0.2) is 22.8 Å². The highest BCUT2D eigenvalue weighted by Crippen LogP contribution is 2.28. The maximum atomic E-state index is 12.3. The van der Waals surface area contributed by atoms with E-state index in [2.05, 4.69) is 29.5 Å². The second-order valence-electron chi connectivity index (χ2n) is 8.13. The van der Waals surface area contributed by atoms with Gasteiger partial charge in [0.25, 0.3) is 5.91 Å². The zero-order valence-electron chi connectivity index (χ0n) is 17.5. The van der Waals surface area contributed by atoms with Crippen LogP contribution >= 0.6 is 0 Å². The number of fused-ring (bicyclic) bond motifs is 1. The molecule has 1 saturated carbocycles. The maximum absolute atomic E-state index is 12.3. The molecule has 0 unspecified atom stereocenters. The highest BCUT2D eigenvalue weighted by Gasteiger charge is 2.24. The third-order valence-electron chi connectivity index (χ3n) is 5.33. The molecule has 2 aromatic heterocycles. The van der Waals surface area contributed by atoms with Crippen LogP contribution in [0.5, 0.6) is 0 Å². The fourth-order valence-electron chi connectivity index (χ4n) is 3.44. The first kappa shape index (κ1) is 19.2. The number of benzene rings is 2. The molecule has 0 saturated heterocycles. The van der Waals surface area contributed by atoms with E-state index in [1.165, 1.54) is 0 Å². The monoisotopic (exact) mass is 412 g/mol. The minimum Gasteiger partial charge on any atom is -0.349 e. The van der Waals surface area contributed by atoms with Gasteiger partial charge < -0.3 is 15.2 Å². The standard InChI is InChI=1S/C24H24N6O/c1-15(2)30-14-25-20-22(26-18-6-4-3-5-7-18)28-21(29-23(20)30)16-8-10-17(11-9-16)24(31)27-19-12-13-19/h3-11,14-15,19H,12-13H2,1-2H3,(H,27,31)(H,26,28,29). The van der Waals surface area contributed by atoms with Gasteiger partial charge in [0.2, 0.25) is 0 Å². The van der Waals surface area contributed by atoms with E-state index in [1.807, 2.05) is 59.2 Å². The highest BCUT2D eigenvalue weighted by atomic mass is 16.1. The van der Waals surface area contributed by atoms with Crippen LogP contribution in [-0.2, 0) is 0 Å². The maximum Gasteiger partial charge on any atom is 0.251 e. The van der Waals surface area contributed by atoms with E-state index in [0.29, 0.717) is 23.2 Å². The van der Waals surface area contributed by atoms with Crippen molar-refractivity contribution in [1.29, 1.82) is 0 Å². The van der Waals surface area contributed by atoms with E-state index < -0.39 is 0 Å². The number of hydrogen-bond acceptors (Lipinski definition) is 5. The lowest BCUT2D eigenvalue weighted by Crippen LogP contribution is -2.25. The molecular weight excluding hydrogens is 388 g/mol. The SMILES string of the molecule is CC(C)n1cnc2c(Nc3ccccc3)nc(-c3ccc(C(=O)NC4CC4)cc3)nc21. The van der Waals surface area contributed by atoms with Crippen molar-refractivity contribution in [3.8, 4) is 11.4 Å². The Labute approximate surface area is 180 Å². The average molecular weight is 412 g/mol. The normalized spacial score (nSPS) is 13.5. The van der Waals surface area contributed by atoms with Gasteiger partial charge >= 0.3 is 0 Å². The molecule has 5 rings (SSSR count). The number of nitrogens with zero attached hydrogens (tertiary/aromatic N) is 4. The molecule has 0 aliphatic heterocycles. The third-order valence-corrected chi connectivity index (χ3v) is 5.33. The zero-order valence-corrected chi connectivity index (χ0v) is 17.5. The van der Waals surface area contributed by atoms with E-state index in [1.54, 1.807) is 6.33 Å². The second kappa shape index (κ2) is 7.83. The van der Waals surface area contributed by atoms with E-state index in [9.17, 15) is 4.79 Å². The lowest BCUT2D eigenvalue weighted by Gasteiger charge is -2.11. The number of carbonyl (C=O) groups excluding carboxylic acids is 1. The van der Waals surface area contributed by atoms with Gasteiger partial charge in [-0.1, -0.05) is 30.3 Å². The Morgan fingerprint density at radius 2 is 1.77 bits per heavy atom. The lowest BCUT2D eigenvalue weighted by molar-refractivity contribution is 0.0951. The van der Waals surface area contributed by atoms with Crippen molar-refractivity contribution in [3.63, 3.8) is 0 Å². The van der Waals surface area contributed by atoms with Crippen LogP contribution in [0.1, 0.15) is 43.1 Å². The first-order valence-corrected chi connectivity index (χ1v) is 10.6. The number of anilines is 2. The first-order valence-electron chi connectivity index (χ1n) is 10.6. The third kappa shape index (κ3) is 3.99. The first-order chi connectivity index (χ1) is 15.1. The summed E-state index contributed by atoms with van der Waals surface area (Å²) >= 11 is 0. The van der Waals surface area contributed by atoms with Crippen LogP contribution in [0.4, 0.5) is 11.5 Å². The molecule has 1 aliphatic rings. The Bertz CT molecular complexity index is 1230. The van der Waals surface area contributed by atoms with Crippen molar-refractivity contribution >= 4 is 28.6 Å². The number of nitrogens with one attached hydrogen (secondary N) is 2. The molecule has 2 heterocycles. The summed E-state index contributed by atoms with van der Waals surface area (Å²) in [5, 5.41) is 6.39. The molecule has 2 N–H and O–H groups in total. The Morgan fingerprint density at radius 1 is 1.03 bits per heavy atom. The molecular formula is C24H24N6O. The predicted molar refractivity (Wildman–Crippen MR) is 121 cm³/mol. The van der Waals surface area contributed by atoms with Crippen LogP contribution < -0.4 is 10.6 Å². The number of imidazole rings is 1. The van der Waals surface area contributed by atoms with Gasteiger partial charge in [0, 0.05) is 28.9 Å². The molecule has 2 aromatic carbocycles. The minimum absolute atomic E-state index is 0.0327. The van der Waals surface area contributed by atoms with E-state index >= 15 is 0 Å². The lowest BCUT2D eigenvalue weighted by atomic mass is 10.1. The zero-order chi connectivity index (χ0) is 21.4. The highest BCUT2D eigenvalue weighted by molar-refractivity contribution is 5.95. The van der Waals surface area contributed by atoms with Gasteiger partial charge in [0.1, 0.15) is 0 Å². The molecule has 1 amide bonds. The summed E-state index contributed by atoms with van der Waals surface area (Å²) in [6.45, 7) is 4.20. The molecule has 1 aliphatic carbocycles. The smallest absolute Gasteiger partial charge is 0.251 e. The molecule has 1 fully saturated rings. The molecule has 156 valence electrons. The number of hydrogen-bond donors (Lipinski definition) is 2. The molecule has 4 aromatic rings. The fraction of sp³-hybridized carbons (Fsp3) is 0.250. The van der Waals surface area contributed by atoms with E-state index in [-0.39, 0.29) is 11.9 Å². The van der Waals surface area contributed by atoms with Crippen molar-refractivity contribution in [1.82, 2.24) is 24.8 Å². The van der Waals surface area contributed by atoms with E-state index in [0.717, 1.165) is 35.3 Å². The molecule has 7 nitrogen and oxygen atoms in total. The molecule has 31 heavy (non-hydrogen) atoms. The van der Waals surface area contributed by atoms with Gasteiger partial charge in [-0.05, 0) is 51.0 Å². The van der Waals surface area contributed by atoms with Gasteiger partial charge in [-0.25, -0.2) is 15.0 Å². The molecule has 0 spiro atoms. The molecule has 0 radical (unpaired) electrons.